The van der Waals surface area contributed by atoms with Gasteiger partial charge in [-0.3, -0.25) is 0 Å². The van der Waals surface area contributed by atoms with Crippen LogP contribution in [0.5, 0.6) is 0 Å². The third kappa shape index (κ3) is 3.70. The van der Waals surface area contributed by atoms with E-state index < -0.39 is 0 Å². The third-order valence-electron chi connectivity index (χ3n) is 3.07. The standard InChI is InChI=1S/C16H20FN3/c1-3-9-18-16-11-13(8-10-19-16)20-12(2)14-6-4-5-7-15(14)17/h4-8,10-12H,3,9H2,1-2H3,(H2,18,19,20). The van der Waals surface area contributed by atoms with Crippen LogP contribution in [0, 0.1) is 5.82 Å². The smallest absolute Gasteiger partial charge is 0.128 e. The highest BCUT2D eigenvalue weighted by molar-refractivity contribution is 5.53. The van der Waals surface area contributed by atoms with Crippen LogP contribution >= 0.6 is 0 Å². The molecule has 1 heterocycles. The van der Waals surface area contributed by atoms with Crippen molar-refractivity contribution in [1.82, 2.24) is 4.98 Å². The summed E-state index contributed by atoms with van der Waals surface area (Å²) in [5.74, 6) is 0.642. The van der Waals surface area contributed by atoms with E-state index in [0.29, 0.717) is 5.56 Å². The number of hydrogen-bond acceptors (Lipinski definition) is 3. The average molecular weight is 273 g/mol. The highest BCUT2D eigenvalue weighted by Crippen LogP contribution is 2.22. The van der Waals surface area contributed by atoms with E-state index in [1.54, 1.807) is 18.3 Å². The second kappa shape index (κ2) is 6.89. The van der Waals surface area contributed by atoms with E-state index in [4.69, 9.17) is 0 Å². The fourth-order valence-corrected chi connectivity index (χ4v) is 2.02. The Bertz CT molecular complexity index is 557. The highest BCUT2D eigenvalue weighted by Gasteiger charge is 2.10. The van der Waals surface area contributed by atoms with Gasteiger partial charge in [0.05, 0.1) is 6.04 Å². The van der Waals surface area contributed by atoms with Crippen LogP contribution < -0.4 is 10.6 Å². The number of benzene rings is 1. The third-order valence-corrected chi connectivity index (χ3v) is 3.07. The molecule has 0 radical (unpaired) electrons. The summed E-state index contributed by atoms with van der Waals surface area (Å²) < 4.78 is 13.7. The number of nitrogens with one attached hydrogen (secondary N) is 2. The molecular formula is C16H20FN3. The van der Waals surface area contributed by atoms with Gasteiger partial charge in [-0.05, 0) is 25.5 Å². The summed E-state index contributed by atoms with van der Waals surface area (Å²) >= 11 is 0. The zero-order valence-corrected chi connectivity index (χ0v) is 11.9. The minimum absolute atomic E-state index is 0.0994. The van der Waals surface area contributed by atoms with E-state index in [1.807, 2.05) is 25.1 Å². The van der Waals surface area contributed by atoms with Crippen molar-refractivity contribution in [1.29, 1.82) is 0 Å². The van der Waals surface area contributed by atoms with Crippen molar-refractivity contribution in [2.75, 3.05) is 17.2 Å². The number of hydrogen-bond donors (Lipinski definition) is 2. The molecule has 0 bridgehead atoms. The molecule has 0 saturated carbocycles. The highest BCUT2D eigenvalue weighted by atomic mass is 19.1. The summed E-state index contributed by atoms with van der Waals surface area (Å²) in [7, 11) is 0. The van der Waals surface area contributed by atoms with Crippen molar-refractivity contribution in [3.8, 4) is 0 Å². The lowest BCUT2D eigenvalue weighted by Crippen LogP contribution is -2.09. The van der Waals surface area contributed by atoms with Crippen LogP contribution in [0.1, 0.15) is 31.9 Å². The van der Waals surface area contributed by atoms with Crippen molar-refractivity contribution in [2.24, 2.45) is 0 Å². The molecule has 0 saturated heterocycles. The Kier molecular flexibility index (Phi) is 4.93. The number of rotatable bonds is 6. The van der Waals surface area contributed by atoms with Gasteiger partial charge in [-0.25, -0.2) is 9.37 Å². The number of anilines is 2. The van der Waals surface area contributed by atoms with Gasteiger partial charge in [-0.15, -0.1) is 0 Å². The van der Waals surface area contributed by atoms with E-state index in [2.05, 4.69) is 22.5 Å². The minimum Gasteiger partial charge on any atom is -0.378 e. The fraction of sp³-hybridized carbons (Fsp3) is 0.312. The molecule has 1 aromatic carbocycles. The number of aromatic nitrogens is 1. The van der Waals surface area contributed by atoms with Crippen molar-refractivity contribution >= 4 is 11.5 Å². The van der Waals surface area contributed by atoms with Gasteiger partial charge in [-0.1, -0.05) is 25.1 Å². The van der Waals surface area contributed by atoms with E-state index in [-0.39, 0.29) is 11.9 Å². The van der Waals surface area contributed by atoms with E-state index >= 15 is 0 Å². The molecule has 1 atom stereocenters. The maximum Gasteiger partial charge on any atom is 0.128 e. The van der Waals surface area contributed by atoms with Crippen LogP contribution in [-0.2, 0) is 0 Å². The molecule has 4 heteroatoms. The summed E-state index contributed by atoms with van der Waals surface area (Å²) in [4.78, 5) is 4.25. The van der Waals surface area contributed by atoms with Crippen LogP contribution in [0.4, 0.5) is 15.9 Å². The predicted octanol–water partition coefficient (Wildman–Crippen LogP) is 4.22. The second-order valence-electron chi connectivity index (χ2n) is 4.74. The van der Waals surface area contributed by atoms with Crippen LogP contribution in [0.2, 0.25) is 0 Å². The summed E-state index contributed by atoms with van der Waals surface area (Å²) in [5, 5.41) is 6.53. The Labute approximate surface area is 119 Å². The average Bonchev–Trinajstić information content (AvgIpc) is 2.46. The molecule has 106 valence electrons. The fourth-order valence-electron chi connectivity index (χ4n) is 2.02. The Morgan fingerprint density at radius 1 is 1.25 bits per heavy atom. The first-order chi connectivity index (χ1) is 9.70. The monoisotopic (exact) mass is 273 g/mol. The lowest BCUT2D eigenvalue weighted by Gasteiger charge is -2.17. The van der Waals surface area contributed by atoms with Gasteiger partial charge in [0.2, 0.25) is 0 Å². The molecular weight excluding hydrogens is 253 g/mol. The SMILES string of the molecule is CCCNc1cc(NC(C)c2ccccc2F)ccn1. The van der Waals surface area contributed by atoms with E-state index in [0.717, 1.165) is 24.5 Å². The largest absolute Gasteiger partial charge is 0.378 e. The molecule has 20 heavy (non-hydrogen) atoms. The van der Waals surface area contributed by atoms with Gasteiger partial charge in [0.15, 0.2) is 0 Å². The molecule has 0 amide bonds. The first-order valence-electron chi connectivity index (χ1n) is 6.91. The topological polar surface area (TPSA) is 37.0 Å². The lowest BCUT2D eigenvalue weighted by atomic mass is 10.1. The summed E-state index contributed by atoms with van der Waals surface area (Å²) in [6.45, 7) is 4.94. The first-order valence-corrected chi connectivity index (χ1v) is 6.91. The van der Waals surface area contributed by atoms with Crippen LogP contribution in [0.25, 0.3) is 0 Å². The zero-order chi connectivity index (χ0) is 14.4. The summed E-state index contributed by atoms with van der Waals surface area (Å²) in [5.41, 5.74) is 1.58. The molecule has 1 unspecified atom stereocenters. The molecule has 0 spiro atoms. The minimum atomic E-state index is -0.189. The predicted molar refractivity (Wildman–Crippen MR) is 81.5 cm³/mol. The molecule has 2 N–H and O–H groups in total. The van der Waals surface area contributed by atoms with Gasteiger partial charge in [0.25, 0.3) is 0 Å². The number of nitrogens with zero attached hydrogens (tertiary/aromatic N) is 1. The van der Waals surface area contributed by atoms with Crippen molar-refractivity contribution in [3.05, 3.63) is 54.0 Å². The van der Waals surface area contributed by atoms with E-state index in [1.165, 1.54) is 6.07 Å². The van der Waals surface area contributed by atoms with Crippen LogP contribution in [-0.4, -0.2) is 11.5 Å². The lowest BCUT2D eigenvalue weighted by molar-refractivity contribution is 0.600. The van der Waals surface area contributed by atoms with Gasteiger partial charge in [0, 0.05) is 30.1 Å². The first kappa shape index (κ1) is 14.3. The summed E-state index contributed by atoms with van der Waals surface area (Å²) in [6.07, 6.45) is 2.79. The molecule has 0 fully saturated rings. The Morgan fingerprint density at radius 3 is 2.80 bits per heavy atom. The molecule has 0 aliphatic rings. The van der Waals surface area contributed by atoms with Gasteiger partial charge >= 0.3 is 0 Å². The maximum absolute atomic E-state index is 13.7. The second-order valence-corrected chi connectivity index (χ2v) is 4.74. The van der Waals surface area contributed by atoms with Crippen molar-refractivity contribution in [2.45, 2.75) is 26.3 Å². The zero-order valence-electron chi connectivity index (χ0n) is 11.9. The Hall–Kier alpha value is -2.10. The number of pyridine rings is 1. The molecule has 3 nitrogen and oxygen atoms in total. The van der Waals surface area contributed by atoms with Crippen molar-refractivity contribution < 1.29 is 4.39 Å². The quantitative estimate of drug-likeness (QED) is 0.827. The normalized spacial score (nSPS) is 11.9. The summed E-state index contributed by atoms with van der Waals surface area (Å²) in [6, 6.07) is 10.5. The van der Waals surface area contributed by atoms with Gasteiger partial charge < -0.3 is 10.6 Å². The van der Waals surface area contributed by atoms with Gasteiger partial charge in [-0.2, -0.15) is 0 Å². The van der Waals surface area contributed by atoms with Crippen LogP contribution in [0.3, 0.4) is 0 Å². The van der Waals surface area contributed by atoms with Crippen LogP contribution in [0.15, 0.2) is 42.6 Å². The maximum atomic E-state index is 13.7. The number of halogens is 1. The molecule has 0 aliphatic carbocycles. The molecule has 2 aromatic rings. The van der Waals surface area contributed by atoms with Gasteiger partial charge in [0.1, 0.15) is 11.6 Å². The molecule has 1 aromatic heterocycles. The molecule has 0 aliphatic heterocycles. The Morgan fingerprint density at radius 2 is 2.05 bits per heavy atom. The molecule has 2 rings (SSSR count). The van der Waals surface area contributed by atoms with Crippen molar-refractivity contribution in [3.63, 3.8) is 0 Å². The van der Waals surface area contributed by atoms with E-state index in [9.17, 15) is 4.39 Å². The Balaban J connectivity index is 2.08.